The summed E-state index contributed by atoms with van der Waals surface area (Å²) >= 11 is 0. The molecule has 1 aliphatic rings. The van der Waals surface area contributed by atoms with Crippen molar-refractivity contribution in [2.45, 2.75) is 24.4 Å². The van der Waals surface area contributed by atoms with E-state index in [1.165, 1.54) is 15.8 Å². The van der Waals surface area contributed by atoms with Gasteiger partial charge in [0.15, 0.2) is 17.0 Å². The van der Waals surface area contributed by atoms with Gasteiger partial charge in [0.05, 0.1) is 37.6 Å². The predicted molar refractivity (Wildman–Crippen MR) is 103 cm³/mol. The third kappa shape index (κ3) is 5.64. The van der Waals surface area contributed by atoms with Crippen LogP contribution in [0.25, 0.3) is 11.2 Å². The van der Waals surface area contributed by atoms with Crippen molar-refractivity contribution < 1.29 is 43.3 Å². The zero-order valence-electron chi connectivity index (χ0n) is 15.9. The first-order chi connectivity index (χ1) is 14.4. The van der Waals surface area contributed by atoms with Crippen LogP contribution in [0, 0.1) is 0 Å². The van der Waals surface area contributed by atoms with Crippen LogP contribution < -0.4 is 5.56 Å². The molecule has 15 nitrogen and oxygen atoms in total. The van der Waals surface area contributed by atoms with Gasteiger partial charge in [0.2, 0.25) is 5.91 Å². The Kier molecular flexibility index (Phi) is 6.79. The average Bonchev–Trinajstić information content (AvgIpc) is 3.27. The minimum atomic E-state index is -4.82. The van der Waals surface area contributed by atoms with Crippen LogP contribution in [0.2, 0.25) is 0 Å². The molecule has 0 radical (unpaired) electrons. The Morgan fingerprint density at radius 3 is 2.61 bits per heavy atom. The molecule has 1 saturated heterocycles. The zero-order valence-corrected chi connectivity index (χ0v) is 17.7. The van der Waals surface area contributed by atoms with Crippen molar-refractivity contribution in [3.63, 3.8) is 0 Å². The Morgan fingerprint density at radius 2 is 1.97 bits per heavy atom. The Bertz CT molecular complexity index is 1110. The predicted octanol–water partition coefficient (Wildman–Crippen LogP) is -2.05. The summed E-state index contributed by atoms with van der Waals surface area (Å²) in [6.45, 7) is -0.811. The molecule has 2 aromatic rings. The van der Waals surface area contributed by atoms with Gasteiger partial charge < -0.3 is 43.9 Å². The molecule has 3 rings (SSSR count). The topological polar surface area (TPSA) is 228 Å². The first-order valence-electron chi connectivity index (χ1n) is 8.94. The Hall–Kier alpha value is -1.96. The van der Waals surface area contributed by atoms with Crippen molar-refractivity contribution in [1.29, 1.82) is 0 Å². The summed E-state index contributed by atoms with van der Waals surface area (Å²) in [4.78, 5) is 72.1. The smallest absolute Gasteiger partial charge is 0.356 e. The number of rotatable bonds is 8. The van der Waals surface area contributed by atoms with E-state index in [2.05, 4.69) is 15.0 Å². The number of H-pyrrole nitrogens is 1. The SMILES string of the molecule is O=C(CCP(=O)(O)O)N1CC(OC[C@@H](O)P(=O)(O)O)[C@H](n2cnc3c(=O)[nH]cnc32)C1. The van der Waals surface area contributed by atoms with Crippen molar-refractivity contribution >= 4 is 32.3 Å². The van der Waals surface area contributed by atoms with Gasteiger partial charge in [-0.15, -0.1) is 0 Å². The summed E-state index contributed by atoms with van der Waals surface area (Å²) in [5.41, 5.74) is -0.282. The number of aromatic amines is 1. The number of aliphatic hydroxyl groups is 1. The number of amides is 1. The molecule has 3 atom stereocenters. The van der Waals surface area contributed by atoms with Crippen LogP contribution in [0.1, 0.15) is 12.5 Å². The molecule has 0 saturated carbocycles. The normalized spacial score (nSPS) is 21.0. The van der Waals surface area contributed by atoms with Crippen LogP contribution >= 0.6 is 15.2 Å². The van der Waals surface area contributed by atoms with Crippen molar-refractivity contribution in [2.75, 3.05) is 25.9 Å². The van der Waals surface area contributed by atoms with Crippen LogP contribution in [0.15, 0.2) is 17.4 Å². The number of nitrogens with one attached hydrogen (secondary N) is 1. The molecule has 2 aromatic heterocycles. The fraction of sp³-hybridized carbons (Fsp3) is 0.571. The minimum Gasteiger partial charge on any atom is -0.378 e. The van der Waals surface area contributed by atoms with E-state index in [4.69, 9.17) is 24.3 Å². The third-order valence-corrected chi connectivity index (χ3v) is 6.51. The molecular formula is C14H21N5O10P2. The molecule has 1 amide bonds. The fourth-order valence-electron chi connectivity index (χ4n) is 3.20. The first kappa shape index (κ1) is 23.7. The molecule has 0 aliphatic carbocycles. The van der Waals surface area contributed by atoms with Crippen molar-refractivity contribution in [2.24, 2.45) is 0 Å². The fourth-order valence-corrected chi connectivity index (χ4v) is 3.97. The lowest BCUT2D eigenvalue weighted by atomic mass is 10.2. The van der Waals surface area contributed by atoms with Crippen LogP contribution in [-0.2, 0) is 18.7 Å². The summed E-state index contributed by atoms with van der Waals surface area (Å²) in [6, 6.07) is -0.692. The number of carbonyl (C=O) groups excluding carboxylic acids is 1. The van der Waals surface area contributed by atoms with E-state index in [0.717, 1.165) is 6.33 Å². The molecule has 1 unspecified atom stereocenters. The van der Waals surface area contributed by atoms with Crippen LogP contribution in [0.5, 0.6) is 0 Å². The second-order valence-corrected chi connectivity index (χ2v) is 10.6. The first-order valence-corrected chi connectivity index (χ1v) is 12.4. The number of hydrogen-bond donors (Lipinski definition) is 6. The number of likely N-dealkylation sites (tertiary alicyclic amines) is 1. The van der Waals surface area contributed by atoms with Gasteiger partial charge in [0.1, 0.15) is 0 Å². The Morgan fingerprint density at radius 1 is 1.26 bits per heavy atom. The van der Waals surface area contributed by atoms with Gasteiger partial charge in [-0.2, -0.15) is 0 Å². The highest BCUT2D eigenvalue weighted by molar-refractivity contribution is 7.52. The summed E-state index contributed by atoms with van der Waals surface area (Å²) in [5, 5.41) is 9.59. The minimum absolute atomic E-state index is 0.00337. The number of aromatic nitrogens is 4. The zero-order chi connectivity index (χ0) is 23.0. The maximum atomic E-state index is 12.4. The van der Waals surface area contributed by atoms with E-state index in [1.54, 1.807) is 0 Å². The van der Waals surface area contributed by atoms with Gasteiger partial charge in [-0.3, -0.25) is 18.7 Å². The van der Waals surface area contributed by atoms with Crippen LogP contribution in [-0.4, -0.2) is 92.8 Å². The van der Waals surface area contributed by atoms with Gasteiger partial charge in [0, 0.05) is 19.5 Å². The highest BCUT2D eigenvalue weighted by Crippen LogP contribution is 2.40. The number of hydrogen-bond acceptors (Lipinski definition) is 8. The lowest BCUT2D eigenvalue weighted by Gasteiger charge is -2.22. The van der Waals surface area contributed by atoms with Crippen molar-refractivity contribution in [3.8, 4) is 0 Å². The molecule has 1 fully saturated rings. The molecule has 3 heterocycles. The Labute approximate surface area is 174 Å². The van der Waals surface area contributed by atoms with Gasteiger partial charge >= 0.3 is 15.2 Å². The van der Waals surface area contributed by atoms with Gasteiger partial charge in [-0.25, -0.2) is 9.97 Å². The van der Waals surface area contributed by atoms with E-state index in [0.29, 0.717) is 0 Å². The lowest BCUT2D eigenvalue weighted by Crippen LogP contribution is -2.31. The number of ether oxygens (including phenoxy) is 1. The van der Waals surface area contributed by atoms with E-state index >= 15 is 0 Å². The third-order valence-electron chi connectivity index (χ3n) is 4.78. The van der Waals surface area contributed by atoms with E-state index < -0.39 is 63.8 Å². The van der Waals surface area contributed by atoms with E-state index in [1.807, 2.05) is 0 Å². The van der Waals surface area contributed by atoms with Gasteiger partial charge in [-0.1, -0.05) is 0 Å². The van der Waals surface area contributed by atoms with E-state index in [9.17, 15) is 23.8 Å². The van der Waals surface area contributed by atoms with Crippen molar-refractivity contribution in [3.05, 3.63) is 23.0 Å². The number of aliphatic hydroxyl groups excluding tert-OH is 1. The maximum Gasteiger partial charge on any atom is 0.356 e. The molecule has 17 heteroatoms. The lowest BCUT2D eigenvalue weighted by molar-refractivity contribution is -0.130. The summed E-state index contributed by atoms with van der Waals surface area (Å²) < 4.78 is 29.2. The number of fused-ring (bicyclic) bond motifs is 1. The highest BCUT2D eigenvalue weighted by Gasteiger charge is 2.39. The molecule has 6 N–H and O–H groups in total. The van der Waals surface area contributed by atoms with Gasteiger partial charge in [-0.05, 0) is 0 Å². The Balaban J connectivity index is 1.84. The summed E-state index contributed by atoms with van der Waals surface area (Å²) in [5.74, 6) is -2.64. The molecular weight excluding hydrogens is 460 g/mol. The molecule has 31 heavy (non-hydrogen) atoms. The summed E-state index contributed by atoms with van der Waals surface area (Å²) in [7, 11) is -9.20. The number of nitrogens with zero attached hydrogens (tertiary/aromatic N) is 4. The van der Waals surface area contributed by atoms with Crippen LogP contribution in [0.4, 0.5) is 0 Å². The second kappa shape index (κ2) is 8.88. The largest absolute Gasteiger partial charge is 0.378 e. The standard InChI is InChI=1S/C14H21N5O10P2/c20-10(1-2-30(23,24)25)18-3-8(9(4-18)29-5-11(21)31(26,27)28)19-7-17-12-13(19)15-6-16-14(12)22/h6-9,11,21H,1-5H2,(H,15,16,22)(H2,23,24,25)(H2,26,27,28)/t8-,9?,11+/m1/s1. The average molecular weight is 481 g/mol. The molecule has 0 spiro atoms. The number of imidazole rings is 1. The van der Waals surface area contributed by atoms with Gasteiger partial charge in [0.25, 0.3) is 5.56 Å². The summed E-state index contributed by atoms with van der Waals surface area (Å²) in [6.07, 6.45) is 0.529. The second-order valence-electron chi connectivity index (χ2n) is 7.00. The van der Waals surface area contributed by atoms with E-state index in [-0.39, 0.29) is 24.3 Å². The van der Waals surface area contributed by atoms with Crippen molar-refractivity contribution in [1.82, 2.24) is 24.4 Å². The molecule has 0 bridgehead atoms. The highest BCUT2D eigenvalue weighted by atomic mass is 31.2. The maximum absolute atomic E-state index is 12.4. The quantitative estimate of drug-likeness (QED) is 0.224. The molecule has 172 valence electrons. The van der Waals surface area contributed by atoms with Crippen LogP contribution in [0.3, 0.4) is 0 Å². The monoisotopic (exact) mass is 481 g/mol. The number of carbonyl (C=O) groups is 1. The molecule has 0 aromatic carbocycles. The molecule has 1 aliphatic heterocycles.